The molecule has 0 fully saturated rings. The molecule has 0 heterocycles. The van der Waals surface area contributed by atoms with Crippen molar-refractivity contribution in [1.82, 2.24) is 15.5 Å². The highest BCUT2D eigenvalue weighted by Gasteiger charge is 2.28. The van der Waals surface area contributed by atoms with E-state index in [2.05, 4.69) is 16.7 Å². The lowest BCUT2D eigenvalue weighted by Gasteiger charge is -2.19. The summed E-state index contributed by atoms with van der Waals surface area (Å²) in [4.78, 5) is 13.1. The Kier molecular flexibility index (Phi) is 5.87. The van der Waals surface area contributed by atoms with E-state index in [1.165, 1.54) is 17.5 Å². The van der Waals surface area contributed by atoms with E-state index in [0.717, 1.165) is 18.4 Å². The molecule has 2 rings (SSSR count). The maximum Gasteiger partial charge on any atom is 0.401 e. The van der Waals surface area contributed by atoms with E-state index in [0.29, 0.717) is 13.0 Å². The van der Waals surface area contributed by atoms with Crippen molar-refractivity contribution in [2.75, 3.05) is 26.7 Å². The van der Waals surface area contributed by atoms with Gasteiger partial charge in [0.2, 0.25) is 0 Å². The van der Waals surface area contributed by atoms with Crippen LogP contribution >= 0.6 is 0 Å². The van der Waals surface area contributed by atoms with Crippen LogP contribution in [0.25, 0.3) is 0 Å². The number of nitrogens with zero attached hydrogens (tertiary/aromatic N) is 1. The number of carbonyl (C=O) groups is 1. The highest BCUT2D eigenvalue weighted by Crippen LogP contribution is 2.30. The molecule has 1 atom stereocenters. The third-order valence-corrected chi connectivity index (χ3v) is 3.89. The molecule has 7 heteroatoms. The number of hydrogen-bond donors (Lipinski definition) is 2. The second kappa shape index (κ2) is 7.68. The molecule has 1 aromatic carbocycles. The molecule has 2 N–H and O–H groups in total. The number of benzene rings is 1. The predicted molar refractivity (Wildman–Crippen MR) is 82.2 cm³/mol. The minimum Gasteiger partial charge on any atom is -0.338 e. The van der Waals surface area contributed by atoms with Gasteiger partial charge in [-0.1, -0.05) is 24.3 Å². The lowest BCUT2D eigenvalue weighted by atomic mass is 10.1. The van der Waals surface area contributed by atoms with Crippen molar-refractivity contribution < 1.29 is 18.0 Å². The van der Waals surface area contributed by atoms with Crippen LogP contribution in [-0.4, -0.2) is 43.8 Å². The van der Waals surface area contributed by atoms with Gasteiger partial charge < -0.3 is 10.6 Å². The second-order valence-corrected chi connectivity index (χ2v) is 5.90. The minimum absolute atomic E-state index is 0.0131. The molecule has 4 nitrogen and oxygen atoms in total. The van der Waals surface area contributed by atoms with E-state index in [1.54, 1.807) is 0 Å². The Morgan fingerprint density at radius 2 is 2.09 bits per heavy atom. The van der Waals surface area contributed by atoms with Crippen molar-refractivity contribution in [3.05, 3.63) is 35.4 Å². The van der Waals surface area contributed by atoms with E-state index < -0.39 is 12.7 Å². The van der Waals surface area contributed by atoms with Crippen LogP contribution in [-0.2, 0) is 6.42 Å². The van der Waals surface area contributed by atoms with Gasteiger partial charge in [0.1, 0.15) is 0 Å². The maximum absolute atomic E-state index is 12.2. The SMILES string of the molecule is CN(CCCNC(=O)NC1CCc2ccccc21)CC(F)(F)F. The van der Waals surface area contributed by atoms with Crippen molar-refractivity contribution in [2.24, 2.45) is 0 Å². The Morgan fingerprint density at radius 1 is 1.35 bits per heavy atom. The summed E-state index contributed by atoms with van der Waals surface area (Å²) in [5, 5.41) is 5.62. The molecule has 0 radical (unpaired) electrons. The first-order valence-electron chi connectivity index (χ1n) is 7.72. The average Bonchev–Trinajstić information content (AvgIpc) is 2.85. The number of urea groups is 1. The zero-order valence-electron chi connectivity index (χ0n) is 13.1. The molecule has 2 amide bonds. The monoisotopic (exact) mass is 329 g/mol. The summed E-state index contributed by atoms with van der Waals surface area (Å²) < 4.78 is 36.5. The third-order valence-electron chi connectivity index (χ3n) is 3.89. The molecule has 1 aliphatic rings. The smallest absolute Gasteiger partial charge is 0.338 e. The summed E-state index contributed by atoms with van der Waals surface area (Å²) in [6, 6.07) is 7.75. The van der Waals surface area contributed by atoms with E-state index >= 15 is 0 Å². The first-order chi connectivity index (χ1) is 10.8. The summed E-state index contributed by atoms with van der Waals surface area (Å²) in [6.45, 7) is -0.299. The molecule has 23 heavy (non-hydrogen) atoms. The van der Waals surface area contributed by atoms with Crippen molar-refractivity contribution >= 4 is 6.03 Å². The number of rotatable bonds is 6. The number of halogens is 3. The molecule has 1 aliphatic carbocycles. The zero-order chi connectivity index (χ0) is 16.9. The molecule has 0 bridgehead atoms. The van der Waals surface area contributed by atoms with Crippen LogP contribution in [0.1, 0.15) is 30.0 Å². The van der Waals surface area contributed by atoms with Gasteiger partial charge in [-0.25, -0.2) is 4.79 Å². The van der Waals surface area contributed by atoms with E-state index in [1.807, 2.05) is 18.2 Å². The fraction of sp³-hybridized carbons (Fsp3) is 0.562. The molecule has 0 aliphatic heterocycles. The van der Waals surface area contributed by atoms with Gasteiger partial charge >= 0.3 is 12.2 Å². The Morgan fingerprint density at radius 3 is 2.83 bits per heavy atom. The first kappa shape index (κ1) is 17.6. The van der Waals surface area contributed by atoms with Crippen LogP contribution in [0.4, 0.5) is 18.0 Å². The van der Waals surface area contributed by atoms with Gasteiger partial charge in [0.15, 0.2) is 0 Å². The predicted octanol–water partition coefficient (Wildman–Crippen LogP) is 2.86. The van der Waals surface area contributed by atoms with Crippen LogP contribution in [0.5, 0.6) is 0 Å². The molecule has 0 saturated carbocycles. The Hall–Kier alpha value is -1.76. The fourth-order valence-corrected chi connectivity index (χ4v) is 2.85. The molecular weight excluding hydrogens is 307 g/mol. The van der Waals surface area contributed by atoms with Crippen molar-refractivity contribution in [3.8, 4) is 0 Å². The van der Waals surface area contributed by atoms with Crippen molar-refractivity contribution in [2.45, 2.75) is 31.5 Å². The van der Waals surface area contributed by atoms with Crippen LogP contribution in [0.2, 0.25) is 0 Å². The van der Waals surface area contributed by atoms with Gasteiger partial charge in [-0.3, -0.25) is 4.90 Å². The van der Waals surface area contributed by atoms with E-state index in [4.69, 9.17) is 0 Å². The minimum atomic E-state index is -4.19. The number of nitrogens with one attached hydrogen (secondary N) is 2. The van der Waals surface area contributed by atoms with Crippen molar-refractivity contribution in [3.63, 3.8) is 0 Å². The molecular formula is C16H22F3N3O. The lowest BCUT2D eigenvalue weighted by molar-refractivity contribution is -0.143. The highest BCUT2D eigenvalue weighted by atomic mass is 19.4. The van der Waals surface area contributed by atoms with Gasteiger partial charge in [-0.15, -0.1) is 0 Å². The normalized spacial score (nSPS) is 17.2. The average molecular weight is 329 g/mol. The Labute approximate surface area is 134 Å². The number of aryl methyl sites for hydroxylation is 1. The molecule has 1 aromatic rings. The quantitative estimate of drug-likeness (QED) is 0.788. The van der Waals surface area contributed by atoms with Crippen molar-refractivity contribution in [1.29, 1.82) is 0 Å². The molecule has 1 unspecified atom stereocenters. The Bertz CT molecular complexity index is 534. The summed E-state index contributed by atoms with van der Waals surface area (Å²) >= 11 is 0. The van der Waals surface area contributed by atoms with Gasteiger partial charge in [0.05, 0.1) is 12.6 Å². The number of carbonyl (C=O) groups excluding carboxylic acids is 1. The Balaban J connectivity index is 1.65. The van der Waals surface area contributed by atoms with Crippen LogP contribution in [0, 0.1) is 0 Å². The summed E-state index contributed by atoms with van der Waals surface area (Å²) in [5.74, 6) is 0. The number of amides is 2. The topological polar surface area (TPSA) is 44.4 Å². The number of hydrogen-bond acceptors (Lipinski definition) is 2. The maximum atomic E-state index is 12.2. The molecule has 128 valence electrons. The second-order valence-electron chi connectivity index (χ2n) is 5.90. The van der Waals surface area contributed by atoms with Crippen LogP contribution in [0.3, 0.4) is 0 Å². The van der Waals surface area contributed by atoms with Gasteiger partial charge in [0, 0.05) is 6.54 Å². The molecule has 0 saturated heterocycles. The summed E-state index contributed by atoms with van der Waals surface area (Å²) in [6.07, 6.45) is -1.89. The fourth-order valence-electron chi connectivity index (χ4n) is 2.85. The third kappa shape index (κ3) is 5.74. The number of fused-ring (bicyclic) bond motifs is 1. The summed E-state index contributed by atoms with van der Waals surface area (Å²) in [5.41, 5.74) is 2.40. The molecule has 0 aromatic heterocycles. The zero-order valence-corrected chi connectivity index (χ0v) is 13.1. The van der Waals surface area contributed by atoms with Gasteiger partial charge in [-0.05, 0) is 44.0 Å². The lowest BCUT2D eigenvalue weighted by Crippen LogP contribution is -2.39. The van der Waals surface area contributed by atoms with E-state index in [-0.39, 0.29) is 18.6 Å². The van der Waals surface area contributed by atoms with Gasteiger partial charge in [-0.2, -0.15) is 13.2 Å². The largest absolute Gasteiger partial charge is 0.401 e. The van der Waals surface area contributed by atoms with Gasteiger partial charge in [0.25, 0.3) is 0 Å². The van der Waals surface area contributed by atoms with Crippen LogP contribution < -0.4 is 10.6 Å². The highest BCUT2D eigenvalue weighted by molar-refractivity contribution is 5.74. The standard InChI is InChI=1S/C16H22F3N3O/c1-22(11-16(17,18)19)10-4-9-20-15(23)21-14-8-7-12-5-2-3-6-13(12)14/h2-3,5-6,14H,4,7-11H2,1H3,(H2,20,21,23). The number of alkyl halides is 3. The molecule has 0 spiro atoms. The summed E-state index contributed by atoms with van der Waals surface area (Å²) in [7, 11) is 1.42. The first-order valence-corrected chi connectivity index (χ1v) is 7.72. The van der Waals surface area contributed by atoms with E-state index in [9.17, 15) is 18.0 Å². The van der Waals surface area contributed by atoms with Crippen LogP contribution in [0.15, 0.2) is 24.3 Å².